The molecule has 0 aliphatic heterocycles. The third-order valence-electron chi connectivity index (χ3n) is 2.10. The van der Waals surface area contributed by atoms with Gasteiger partial charge >= 0.3 is 0 Å². The molecule has 9 heavy (non-hydrogen) atoms. The van der Waals surface area contributed by atoms with Crippen LogP contribution in [0.25, 0.3) is 0 Å². The Morgan fingerprint density at radius 2 is 2.33 bits per heavy atom. The van der Waals surface area contributed by atoms with E-state index in [4.69, 9.17) is 12.2 Å². The minimum Gasteiger partial charge on any atom is -0.327 e. The van der Waals surface area contributed by atoms with Crippen molar-refractivity contribution >= 4 is 0 Å². The maximum atomic E-state index is 5.77. The van der Waals surface area contributed by atoms with Crippen molar-refractivity contribution in [2.75, 3.05) is 0 Å². The molecular formula is C8H13N. The van der Waals surface area contributed by atoms with Crippen molar-refractivity contribution in [1.82, 2.24) is 0 Å². The standard InChI is InChI=1S/C8H13N/c1-2-4-7-5-3-6-8(7)9/h1,7-8H,3-6,9H2. The molecule has 0 radical (unpaired) electrons. The zero-order valence-corrected chi connectivity index (χ0v) is 5.64. The van der Waals surface area contributed by atoms with Gasteiger partial charge in [0.1, 0.15) is 0 Å². The Bertz CT molecular complexity index is 123. The van der Waals surface area contributed by atoms with Crippen molar-refractivity contribution in [2.24, 2.45) is 11.7 Å². The van der Waals surface area contributed by atoms with E-state index in [2.05, 4.69) is 5.92 Å². The van der Waals surface area contributed by atoms with Crippen LogP contribution >= 0.6 is 0 Å². The quantitative estimate of drug-likeness (QED) is 0.520. The highest BCUT2D eigenvalue weighted by Gasteiger charge is 2.22. The van der Waals surface area contributed by atoms with E-state index in [9.17, 15) is 0 Å². The van der Waals surface area contributed by atoms with Crippen LogP contribution in [-0.2, 0) is 0 Å². The lowest BCUT2D eigenvalue weighted by Gasteiger charge is -2.09. The van der Waals surface area contributed by atoms with Crippen molar-refractivity contribution in [3.8, 4) is 12.3 Å². The van der Waals surface area contributed by atoms with Crippen LogP contribution in [0, 0.1) is 18.3 Å². The Labute approximate surface area is 56.6 Å². The van der Waals surface area contributed by atoms with Crippen molar-refractivity contribution in [1.29, 1.82) is 0 Å². The summed E-state index contributed by atoms with van der Waals surface area (Å²) in [5.41, 5.74) is 5.77. The van der Waals surface area contributed by atoms with Crippen molar-refractivity contribution in [3.63, 3.8) is 0 Å². The molecule has 50 valence electrons. The Morgan fingerprint density at radius 3 is 2.78 bits per heavy atom. The van der Waals surface area contributed by atoms with Gasteiger partial charge in [0.15, 0.2) is 0 Å². The Morgan fingerprint density at radius 1 is 1.56 bits per heavy atom. The highest BCUT2D eigenvalue weighted by molar-refractivity contribution is 4.92. The predicted octanol–water partition coefficient (Wildman–Crippen LogP) is 1.14. The van der Waals surface area contributed by atoms with E-state index in [-0.39, 0.29) is 0 Å². The first kappa shape index (κ1) is 6.64. The summed E-state index contributed by atoms with van der Waals surface area (Å²) < 4.78 is 0. The number of nitrogens with two attached hydrogens (primary N) is 1. The van der Waals surface area contributed by atoms with Gasteiger partial charge in [0.25, 0.3) is 0 Å². The number of rotatable bonds is 1. The molecule has 0 aromatic rings. The summed E-state index contributed by atoms with van der Waals surface area (Å²) in [4.78, 5) is 0. The molecule has 2 N–H and O–H groups in total. The fourth-order valence-electron chi connectivity index (χ4n) is 1.47. The second-order valence-corrected chi connectivity index (χ2v) is 2.76. The molecule has 0 aromatic heterocycles. The van der Waals surface area contributed by atoms with Gasteiger partial charge in [-0.1, -0.05) is 6.42 Å². The Kier molecular flexibility index (Phi) is 2.13. The molecule has 1 rings (SSSR count). The van der Waals surface area contributed by atoms with E-state index in [1.165, 1.54) is 19.3 Å². The molecule has 0 bridgehead atoms. The largest absolute Gasteiger partial charge is 0.327 e. The first-order valence-electron chi connectivity index (χ1n) is 3.53. The fraction of sp³-hybridized carbons (Fsp3) is 0.750. The third-order valence-corrected chi connectivity index (χ3v) is 2.10. The van der Waals surface area contributed by atoms with Crippen LogP contribution < -0.4 is 5.73 Å². The summed E-state index contributed by atoms with van der Waals surface area (Å²) in [6, 6.07) is 0.390. The summed E-state index contributed by atoms with van der Waals surface area (Å²) in [5.74, 6) is 3.28. The van der Waals surface area contributed by atoms with Gasteiger partial charge in [0.05, 0.1) is 0 Å². The van der Waals surface area contributed by atoms with Crippen LogP contribution in [0.15, 0.2) is 0 Å². The predicted molar refractivity (Wildman–Crippen MR) is 38.8 cm³/mol. The molecule has 0 heterocycles. The lowest BCUT2D eigenvalue weighted by atomic mass is 10.0. The molecule has 0 spiro atoms. The minimum atomic E-state index is 0.390. The van der Waals surface area contributed by atoms with Gasteiger partial charge in [0.2, 0.25) is 0 Å². The van der Waals surface area contributed by atoms with Gasteiger partial charge < -0.3 is 5.73 Å². The van der Waals surface area contributed by atoms with Crippen LogP contribution in [-0.4, -0.2) is 6.04 Å². The summed E-state index contributed by atoms with van der Waals surface area (Å²) in [6.45, 7) is 0. The van der Waals surface area contributed by atoms with Gasteiger partial charge in [-0.3, -0.25) is 0 Å². The minimum absolute atomic E-state index is 0.390. The van der Waals surface area contributed by atoms with Gasteiger partial charge in [-0.15, -0.1) is 12.3 Å². The van der Waals surface area contributed by atoms with Crippen LogP contribution in [0.5, 0.6) is 0 Å². The molecule has 1 aliphatic rings. The normalized spacial score (nSPS) is 34.2. The summed E-state index contributed by atoms with van der Waals surface area (Å²) in [6.07, 6.45) is 9.73. The Balaban J connectivity index is 2.33. The van der Waals surface area contributed by atoms with Crippen LogP contribution in [0.1, 0.15) is 25.7 Å². The van der Waals surface area contributed by atoms with Gasteiger partial charge in [0, 0.05) is 12.5 Å². The smallest absolute Gasteiger partial charge is 0.0129 e. The average molecular weight is 123 g/mol. The maximum absolute atomic E-state index is 5.77. The molecule has 1 heteroatoms. The SMILES string of the molecule is C#CCC1CCCC1N. The van der Waals surface area contributed by atoms with E-state index in [1.807, 2.05) is 0 Å². The molecule has 0 amide bonds. The van der Waals surface area contributed by atoms with Gasteiger partial charge in [-0.2, -0.15) is 0 Å². The highest BCUT2D eigenvalue weighted by atomic mass is 14.7. The van der Waals surface area contributed by atoms with E-state index >= 15 is 0 Å². The van der Waals surface area contributed by atoms with Crippen LogP contribution in [0.4, 0.5) is 0 Å². The molecule has 1 fully saturated rings. The molecular weight excluding hydrogens is 110 g/mol. The summed E-state index contributed by atoms with van der Waals surface area (Å²) in [5, 5.41) is 0. The van der Waals surface area contributed by atoms with Crippen molar-refractivity contribution in [2.45, 2.75) is 31.7 Å². The van der Waals surface area contributed by atoms with E-state index < -0.39 is 0 Å². The summed E-state index contributed by atoms with van der Waals surface area (Å²) >= 11 is 0. The first-order valence-corrected chi connectivity index (χ1v) is 3.53. The van der Waals surface area contributed by atoms with E-state index in [1.54, 1.807) is 0 Å². The average Bonchev–Trinajstić information content (AvgIpc) is 2.18. The first-order chi connectivity index (χ1) is 4.34. The topological polar surface area (TPSA) is 26.0 Å². The third kappa shape index (κ3) is 1.46. The van der Waals surface area contributed by atoms with Gasteiger partial charge in [-0.25, -0.2) is 0 Å². The zero-order chi connectivity index (χ0) is 6.69. The monoisotopic (exact) mass is 123 g/mol. The Hall–Kier alpha value is -0.480. The van der Waals surface area contributed by atoms with Gasteiger partial charge in [-0.05, 0) is 18.8 Å². The zero-order valence-electron chi connectivity index (χ0n) is 5.64. The highest BCUT2D eigenvalue weighted by Crippen LogP contribution is 2.25. The van der Waals surface area contributed by atoms with Crippen molar-refractivity contribution < 1.29 is 0 Å². The second kappa shape index (κ2) is 2.89. The van der Waals surface area contributed by atoms with Crippen LogP contribution in [0.2, 0.25) is 0 Å². The number of hydrogen-bond donors (Lipinski definition) is 1. The maximum Gasteiger partial charge on any atom is 0.0129 e. The molecule has 0 aromatic carbocycles. The molecule has 1 nitrogen and oxygen atoms in total. The van der Waals surface area contributed by atoms with Crippen LogP contribution in [0.3, 0.4) is 0 Å². The lowest BCUT2D eigenvalue weighted by molar-refractivity contribution is 0.494. The van der Waals surface area contributed by atoms with E-state index in [0.29, 0.717) is 12.0 Å². The second-order valence-electron chi connectivity index (χ2n) is 2.76. The molecule has 0 saturated heterocycles. The van der Waals surface area contributed by atoms with E-state index in [0.717, 1.165) is 6.42 Å². The fourth-order valence-corrected chi connectivity index (χ4v) is 1.47. The summed E-state index contributed by atoms with van der Waals surface area (Å²) in [7, 11) is 0. The number of hydrogen-bond acceptors (Lipinski definition) is 1. The number of terminal acetylenes is 1. The molecule has 2 unspecified atom stereocenters. The molecule has 1 aliphatic carbocycles. The van der Waals surface area contributed by atoms with Crippen molar-refractivity contribution in [3.05, 3.63) is 0 Å². The molecule has 1 saturated carbocycles. The lowest BCUT2D eigenvalue weighted by Crippen LogP contribution is -2.23. The molecule has 2 atom stereocenters.